The molecule has 0 saturated carbocycles. The van der Waals surface area contributed by atoms with E-state index in [4.69, 9.17) is 0 Å². The van der Waals surface area contributed by atoms with E-state index in [-0.39, 0.29) is 0 Å². The van der Waals surface area contributed by atoms with Gasteiger partial charge in [-0.1, -0.05) is 72.4 Å². The monoisotopic (exact) mass is 571 g/mol. The molecule has 1 N–H and O–H groups in total. The van der Waals surface area contributed by atoms with E-state index >= 15 is 0 Å². The fourth-order valence-electron chi connectivity index (χ4n) is 10.6. The van der Waals surface area contributed by atoms with Gasteiger partial charge in [0.15, 0.2) is 0 Å². The Morgan fingerprint density at radius 2 is 1.47 bits per heavy atom. The minimum Gasteiger partial charge on any atom is -0.390 e. The highest BCUT2D eigenvalue weighted by atomic mass is 14.9. The molecule has 0 fully saturated rings. The van der Waals surface area contributed by atoms with Crippen LogP contribution in [0.15, 0.2) is 106 Å². The van der Waals surface area contributed by atoms with Gasteiger partial charge in [0.25, 0.3) is 0 Å². The summed E-state index contributed by atoms with van der Waals surface area (Å²) < 4.78 is 0. The van der Waals surface area contributed by atoms with Gasteiger partial charge in [-0.05, 0) is 166 Å². The second-order valence-corrected chi connectivity index (χ2v) is 15.0. The molecule has 1 aliphatic heterocycles. The van der Waals surface area contributed by atoms with Crippen LogP contribution in [0.4, 0.5) is 0 Å². The predicted octanol–water partition coefficient (Wildman–Crippen LogP) is 10.7. The molecule has 8 atom stereocenters. The van der Waals surface area contributed by atoms with Crippen LogP contribution in [0.2, 0.25) is 0 Å². The average Bonchev–Trinajstić information content (AvgIpc) is 3.63. The molecule has 43 heavy (non-hydrogen) atoms. The van der Waals surface area contributed by atoms with Crippen molar-refractivity contribution in [2.45, 2.75) is 96.3 Å². The molecule has 0 aromatic rings. The molecule has 0 amide bonds. The zero-order valence-corrected chi connectivity index (χ0v) is 26.4. The van der Waals surface area contributed by atoms with Gasteiger partial charge in [-0.2, -0.15) is 0 Å². The van der Waals surface area contributed by atoms with Crippen LogP contribution in [-0.4, -0.2) is 6.54 Å². The van der Waals surface area contributed by atoms with Gasteiger partial charge in [0.2, 0.25) is 0 Å². The summed E-state index contributed by atoms with van der Waals surface area (Å²) >= 11 is 0. The molecule has 8 unspecified atom stereocenters. The Kier molecular flexibility index (Phi) is 8.10. The Morgan fingerprint density at radius 3 is 2.28 bits per heavy atom. The lowest BCUT2D eigenvalue weighted by atomic mass is 9.61. The van der Waals surface area contributed by atoms with Gasteiger partial charge in [0.05, 0.1) is 0 Å². The quantitative estimate of drug-likeness (QED) is 0.324. The Balaban J connectivity index is 0.984. The van der Waals surface area contributed by atoms with Gasteiger partial charge < -0.3 is 5.32 Å². The first-order valence-corrected chi connectivity index (χ1v) is 18.3. The largest absolute Gasteiger partial charge is 0.390 e. The van der Waals surface area contributed by atoms with Crippen LogP contribution < -0.4 is 5.32 Å². The molecule has 7 aliphatic carbocycles. The molecule has 0 saturated heterocycles. The van der Waals surface area contributed by atoms with E-state index in [1.54, 1.807) is 27.9 Å². The van der Waals surface area contributed by atoms with Crippen LogP contribution >= 0.6 is 0 Å². The van der Waals surface area contributed by atoms with Gasteiger partial charge >= 0.3 is 0 Å². The number of fused-ring (bicyclic) bond motifs is 2. The minimum absolute atomic E-state index is 0.579. The Morgan fingerprint density at radius 1 is 0.628 bits per heavy atom. The second kappa shape index (κ2) is 12.5. The molecular weight excluding hydrogens is 518 g/mol. The number of nitrogens with one attached hydrogen (secondary N) is 1. The first-order valence-electron chi connectivity index (χ1n) is 18.3. The SMILES string of the molecule is C1=CC(C2C=CC(C3CCC(C4CC=C(C5=CC=C(C6=CNCC6)C6C=CCCC56)CC4)=C4C=CCCC43)CC2)CCC1. The Hall–Kier alpha value is -2.54. The fraction of sp³-hybridized carbons (Fsp3) is 0.571. The molecule has 1 heterocycles. The maximum Gasteiger partial charge on any atom is 0.0182 e. The molecule has 8 rings (SSSR count). The summed E-state index contributed by atoms with van der Waals surface area (Å²) in [5.74, 6) is 6.11. The lowest BCUT2D eigenvalue weighted by Gasteiger charge is -2.44. The van der Waals surface area contributed by atoms with Crippen LogP contribution in [0.1, 0.15) is 96.3 Å². The van der Waals surface area contributed by atoms with Crippen molar-refractivity contribution in [2.24, 2.45) is 47.3 Å². The third-order valence-corrected chi connectivity index (χ3v) is 12.9. The predicted molar refractivity (Wildman–Crippen MR) is 181 cm³/mol. The van der Waals surface area contributed by atoms with Gasteiger partial charge in [-0.15, -0.1) is 0 Å². The van der Waals surface area contributed by atoms with Crippen molar-refractivity contribution in [3.05, 3.63) is 106 Å². The standard InChI is InChI=1S/C42H53N/c1-2-8-29(9-3-1)30-14-16-31(17-15-30)35-22-23-36(40-11-5-4-10-39(35)40)32-18-20-33(21-19-32)37-24-25-38(34-26-27-43-28-34)42-13-7-6-12-41(37)42/h2,5,7-8,11,13-14,16,20,24-25,28-32,35,39,41-43H,1,3-4,6,9-10,12,15,17-19,21-23,26-27H2. The maximum atomic E-state index is 3.46. The summed E-state index contributed by atoms with van der Waals surface area (Å²) in [4.78, 5) is 0. The zero-order chi connectivity index (χ0) is 28.6. The number of hydrogen-bond donors (Lipinski definition) is 1. The Labute approximate surface area is 261 Å². The van der Waals surface area contributed by atoms with E-state index in [9.17, 15) is 0 Å². The van der Waals surface area contributed by atoms with Crippen molar-refractivity contribution in [1.29, 1.82) is 0 Å². The highest BCUT2D eigenvalue weighted by Crippen LogP contribution is 2.52. The van der Waals surface area contributed by atoms with Crippen LogP contribution in [0.5, 0.6) is 0 Å². The van der Waals surface area contributed by atoms with Crippen molar-refractivity contribution >= 4 is 0 Å². The summed E-state index contributed by atoms with van der Waals surface area (Å²) in [6, 6.07) is 0. The number of hydrogen-bond acceptors (Lipinski definition) is 1. The average molecular weight is 572 g/mol. The normalized spacial score (nSPS) is 38.9. The summed E-state index contributed by atoms with van der Waals surface area (Å²) in [6.45, 7) is 1.10. The van der Waals surface area contributed by atoms with Gasteiger partial charge in [-0.3, -0.25) is 0 Å². The van der Waals surface area contributed by atoms with E-state index in [1.807, 2.05) is 5.57 Å². The van der Waals surface area contributed by atoms with Gasteiger partial charge in [0, 0.05) is 18.7 Å². The summed E-state index contributed by atoms with van der Waals surface area (Å²) in [7, 11) is 0. The molecule has 0 radical (unpaired) electrons. The van der Waals surface area contributed by atoms with Crippen molar-refractivity contribution in [3.8, 4) is 0 Å². The van der Waals surface area contributed by atoms with Crippen molar-refractivity contribution in [3.63, 3.8) is 0 Å². The van der Waals surface area contributed by atoms with E-state index in [2.05, 4.69) is 78.4 Å². The topological polar surface area (TPSA) is 12.0 Å². The molecular formula is C42H53N. The van der Waals surface area contributed by atoms with Crippen molar-refractivity contribution < 1.29 is 0 Å². The first-order chi connectivity index (χ1) is 21.3. The molecule has 8 aliphatic rings. The molecule has 0 spiro atoms. The van der Waals surface area contributed by atoms with E-state index < -0.39 is 0 Å². The van der Waals surface area contributed by atoms with Crippen LogP contribution in [0, 0.1) is 47.3 Å². The molecule has 0 aromatic carbocycles. The second-order valence-electron chi connectivity index (χ2n) is 15.0. The van der Waals surface area contributed by atoms with E-state index in [1.165, 1.54) is 96.3 Å². The highest BCUT2D eigenvalue weighted by molar-refractivity contribution is 5.51. The highest BCUT2D eigenvalue weighted by Gasteiger charge is 2.39. The number of allylic oxidation sites excluding steroid dienone is 16. The van der Waals surface area contributed by atoms with Gasteiger partial charge in [0.1, 0.15) is 0 Å². The molecule has 0 aromatic heterocycles. The van der Waals surface area contributed by atoms with Crippen molar-refractivity contribution in [2.75, 3.05) is 6.54 Å². The van der Waals surface area contributed by atoms with Gasteiger partial charge in [-0.25, -0.2) is 0 Å². The van der Waals surface area contributed by atoms with Crippen LogP contribution in [-0.2, 0) is 0 Å². The van der Waals surface area contributed by atoms with Crippen LogP contribution in [0.3, 0.4) is 0 Å². The first kappa shape index (κ1) is 28.0. The molecule has 1 nitrogen and oxygen atoms in total. The third kappa shape index (κ3) is 5.49. The van der Waals surface area contributed by atoms with E-state index in [0.29, 0.717) is 11.8 Å². The summed E-state index contributed by atoms with van der Waals surface area (Å²) in [5, 5.41) is 3.46. The number of rotatable bonds is 5. The summed E-state index contributed by atoms with van der Waals surface area (Å²) in [6.07, 6.45) is 50.4. The fourth-order valence-corrected chi connectivity index (χ4v) is 10.6. The molecule has 1 heteroatoms. The molecule has 226 valence electrons. The van der Waals surface area contributed by atoms with Crippen molar-refractivity contribution in [1.82, 2.24) is 5.32 Å². The zero-order valence-electron chi connectivity index (χ0n) is 26.4. The lowest BCUT2D eigenvalue weighted by Crippen LogP contribution is -2.32. The Bertz CT molecular complexity index is 1350. The van der Waals surface area contributed by atoms with Crippen LogP contribution in [0.25, 0.3) is 0 Å². The minimum atomic E-state index is 0.579. The maximum absolute atomic E-state index is 3.46. The van der Waals surface area contributed by atoms with E-state index in [0.717, 1.165) is 42.1 Å². The third-order valence-electron chi connectivity index (χ3n) is 12.9. The smallest absolute Gasteiger partial charge is 0.0182 e. The lowest BCUT2D eigenvalue weighted by molar-refractivity contribution is 0.210. The molecule has 0 bridgehead atoms. The summed E-state index contributed by atoms with van der Waals surface area (Å²) in [5.41, 5.74) is 10.1.